The maximum Gasteiger partial charge on any atom is 0.163 e. The Morgan fingerprint density at radius 2 is 1.96 bits per heavy atom. The summed E-state index contributed by atoms with van der Waals surface area (Å²) >= 11 is 5.75. The van der Waals surface area contributed by atoms with Gasteiger partial charge in [0, 0.05) is 29.7 Å². The molecule has 1 heterocycles. The Kier molecular flexibility index (Phi) is 6.48. The fourth-order valence-electron chi connectivity index (χ4n) is 2.64. The number of fused-ring (bicyclic) bond motifs is 1. The lowest BCUT2D eigenvalue weighted by atomic mass is 10.0. The highest BCUT2D eigenvalue weighted by Gasteiger charge is 2.15. The third-order valence-corrected chi connectivity index (χ3v) is 4.01. The van der Waals surface area contributed by atoms with Crippen LogP contribution in [0.3, 0.4) is 0 Å². The highest BCUT2D eigenvalue weighted by molar-refractivity contribution is 6.18. The molecule has 0 unspecified atom stereocenters. The van der Waals surface area contributed by atoms with Gasteiger partial charge in [0.25, 0.3) is 0 Å². The number of nitrogens with zero attached hydrogens (tertiary/aromatic N) is 2. The zero-order chi connectivity index (χ0) is 19.1. The maximum atomic E-state index is 5.84. The zero-order valence-corrected chi connectivity index (χ0v) is 15.6. The standard InChI is InChI=1S/C21H18ClN2O3/c1-3-15-6-4-5-7-16(15)21-17-12-19(27-11-10-25-2)20(26-9-8-22)13-18(17)23-14-24-21/h1,5-7,12-14H,8-11H2,2H3. The van der Waals surface area contributed by atoms with E-state index in [1.165, 1.54) is 6.33 Å². The predicted molar refractivity (Wildman–Crippen MR) is 105 cm³/mol. The van der Waals surface area contributed by atoms with Crippen LogP contribution in [-0.4, -0.2) is 42.8 Å². The van der Waals surface area contributed by atoms with Gasteiger partial charge < -0.3 is 14.2 Å². The van der Waals surface area contributed by atoms with Crippen LogP contribution in [0.25, 0.3) is 22.2 Å². The van der Waals surface area contributed by atoms with E-state index in [2.05, 4.69) is 22.0 Å². The first-order valence-electron chi connectivity index (χ1n) is 8.34. The molecule has 0 atom stereocenters. The van der Waals surface area contributed by atoms with Gasteiger partial charge in [-0.05, 0) is 18.2 Å². The number of rotatable bonds is 8. The first kappa shape index (κ1) is 19.0. The van der Waals surface area contributed by atoms with E-state index in [4.69, 9.17) is 32.2 Å². The number of ether oxygens (including phenoxy) is 3. The van der Waals surface area contributed by atoms with Gasteiger partial charge >= 0.3 is 0 Å². The number of hydrogen-bond donors (Lipinski definition) is 0. The summed E-state index contributed by atoms with van der Waals surface area (Å²) in [6, 6.07) is 12.1. The third kappa shape index (κ3) is 4.30. The molecule has 0 N–H and O–H groups in total. The van der Waals surface area contributed by atoms with E-state index in [9.17, 15) is 0 Å². The summed E-state index contributed by atoms with van der Waals surface area (Å²) in [4.78, 5) is 8.82. The van der Waals surface area contributed by atoms with E-state index in [0.29, 0.717) is 42.8 Å². The quantitative estimate of drug-likeness (QED) is 0.338. The number of hydrogen-bond acceptors (Lipinski definition) is 5. The molecule has 27 heavy (non-hydrogen) atoms. The molecule has 0 saturated carbocycles. The summed E-state index contributed by atoms with van der Waals surface area (Å²) in [5.41, 5.74) is 2.99. The molecule has 5 nitrogen and oxygen atoms in total. The van der Waals surface area contributed by atoms with Crippen LogP contribution in [0, 0.1) is 18.4 Å². The van der Waals surface area contributed by atoms with Crippen LogP contribution in [0.1, 0.15) is 5.56 Å². The van der Waals surface area contributed by atoms with Crippen LogP contribution in [0.5, 0.6) is 11.5 Å². The zero-order valence-electron chi connectivity index (χ0n) is 14.9. The van der Waals surface area contributed by atoms with E-state index < -0.39 is 0 Å². The Labute approximate surface area is 163 Å². The van der Waals surface area contributed by atoms with E-state index >= 15 is 0 Å². The summed E-state index contributed by atoms with van der Waals surface area (Å²) in [5, 5.41) is 0.811. The Hall–Kier alpha value is -2.81. The molecule has 3 aromatic rings. The number of methoxy groups -OCH3 is 1. The predicted octanol–water partition coefficient (Wildman–Crippen LogP) is 3.72. The number of halogens is 1. The van der Waals surface area contributed by atoms with Crippen molar-refractivity contribution in [1.29, 1.82) is 0 Å². The van der Waals surface area contributed by atoms with E-state index in [-0.39, 0.29) is 0 Å². The summed E-state index contributed by atoms with van der Waals surface area (Å²) in [6.07, 6.45) is 7.14. The molecule has 1 radical (unpaired) electrons. The van der Waals surface area contributed by atoms with Crippen LogP contribution in [0.4, 0.5) is 0 Å². The molecule has 137 valence electrons. The molecule has 0 aliphatic heterocycles. The van der Waals surface area contributed by atoms with Crippen molar-refractivity contribution in [2.45, 2.75) is 0 Å². The molecule has 0 spiro atoms. The lowest BCUT2D eigenvalue weighted by Gasteiger charge is -2.14. The number of benzene rings is 2. The van der Waals surface area contributed by atoms with Gasteiger partial charge in [-0.25, -0.2) is 9.97 Å². The first-order chi connectivity index (χ1) is 13.3. The molecular formula is C21H18ClN2O3. The van der Waals surface area contributed by atoms with Gasteiger partial charge in [0.15, 0.2) is 11.5 Å². The minimum atomic E-state index is 0.363. The fraction of sp³-hybridized carbons (Fsp3) is 0.238. The van der Waals surface area contributed by atoms with Crippen LogP contribution >= 0.6 is 11.6 Å². The lowest BCUT2D eigenvalue weighted by Crippen LogP contribution is -2.07. The minimum absolute atomic E-state index is 0.363. The Bertz CT molecular complexity index is 969. The molecule has 0 aliphatic carbocycles. The highest BCUT2D eigenvalue weighted by Crippen LogP contribution is 2.36. The van der Waals surface area contributed by atoms with E-state index in [1.54, 1.807) is 19.2 Å². The molecule has 0 fully saturated rings. The van der Waals surface area contributed by atoms with Crippen molar-refractivity contribution in [3.63, 3.8) is 0 Å². The fourth-order valence-corrected chi connectivity index (χ4v) is 2.72. The van der Waals surface area contributed by atoms with Crippen LogP contribution in [0.2, 0.25) is 0 Å². The number of terminal acetylenes is 1. The minimum Gasteiger partial charge on any atom is -0.488 e. The normalized spacial score (nSPS) is 10.6. The molecule has 0 bridgehead atoms. The maximum absolute atomic E-state index is 5.84. The van der Waals surface area contributed by atoms with Crippen molar-refractivity contribution in [2.75, 3.05) is 32.8 Å². The van der Waals surface area contributed by atoms with Gasteiger partial charge in [-0.2, -0.15) is 0 Å². The average Bonchev–Trinajstić information content (AvgIpc) is 2.71. The SMILES string of the molecule is C#Cc1c[c]ccc1-c1ncnc2cc(OCCCl)c(OCCOC)cc12. The lowest BCUT2D eigenvalue weighted by molar-refractivity contribution is 0.143. The number of alkyl halides is 1. The third-order valence-electron chi connectivity index (χ3n) is 3.86. The van der Waals surface area contributed by atoms with Crippen molar-refractivity contribution in [3.05, 3.63) is 48.3 Å². The Morgan fingerprint density at radius 3 is 2.74 bits per heavy atom. The second-order valence-electron chi connectivity index (χ2n) is 5.53. The monoisotopic (exact) mass is 381 g/mol. The van der Waals surface area contributed by atoms with Crippen LogP contribution < -0.4 is 9.47 Å². The Morgan fingerprint density at radius 1 is 1.15 bits per heavy atom. The molecule has 3 rings (SSSR count). The summed E-state index contributed by atoms with van der Waals surface area (Å²) in [5.74, 6) is 4.19. The summed E-state index contributed by atoms with van der Waals surface area (Å²) in [7, 11) is 1.62. The highest BCUT2D eigenvalue weighted by atomic mass is 35.5. The van der Waals surface area contributed by atoms with Crippen molar-refractivity contribution in [2.24, 2.45) is 0 Å². The topological polar surface area (TPSA) is 53.5 Å². The van der Waals surface area contributed by atoms with Crippen molar-refractivity contribution in [1.82, 2.24) is 9.97 Å². The molecular weight excluding hydrogens is 364 g/mol. The second-order valence-corrected chi connectivity index (χ2v) is 5.91. The van der Waals surface area contributed by atoms with E-state index in [1.807, 2.05) is 18.2 Å². The molecule has 1 aromatic heterocycles. The summed E-state index contributed by atoms with van der Waals surface area (Å²) in [6.45, 7) is 1.21. The van der Waals surface area contributed by atoms with Gasteiger partial charge in [0.05, 0.1) is 23.7 Å². The van der Waals surface area contributed by atoms with Crippen LogP contribution in [-0.2, 0) is 4.74 Å². The summed E-state index contributed by atoms with van der Waals surface area (Å²) < 4.78 is 16.6. The van der Waals surface area contributed by atoms with Crippen molar-refractivity contribution in [3.8, 4) is 35.1 Å². The second kappa shape index (κ2) is 9.22. The van der Waals surface area contributed by atoms with Gasteiger partial charge in [0.2, 0.25) is 0 Å². The van der Waals surface area contributed by atoms with E-state index in [0.717, 1.165) is 22.2 Å². The van der Waals surface area contributed by atoms with Gasteiger partial charge in [-0.15, -0.1) is 18.0 Å². The Balaban J connectivity index is 2.13. The number of aromatic nitrogens is 2. The molecule has 0 saturated heterocycles. The molecule has 0 amide bonds. The van der Waals surface area contributed by atoms with Gasteiger partial charge in [-0.3, -0.25) is 0 Å². The molecule has 6 heteroatoms. The van der Waals surface area contributed by atoms with Gasteiger partial charge in [0.1, 0.15) is 19.5 Å². The molecule has 2 aromatic carbocycles. The van der Waals surface area contributed by atoms with Crippen molar-refractivity contribution < 1.29 is 14.2 Å². The average molecular weight is 382 g/mol. The molecule has 0 aliphatic rings. The smallest absolute Gasteiger partial charge is 0.163 e. The largest absolute Gasteiger partial charge is 0.488 e. The van der Waals surface area contributed by atoms with Gasteiger partial charge in [-0.1, -0.05) is 18.1 Å². The van der Waals surface area contributed by atoms with Crippen LogP contribution in [0.15, 0.2) is 36.7 Å². The van der Waals surface area contributed by atoms with Crippen molar-refractivity contribution >= 4 is 22.5 Å². The first-order valence-corrected chi connectivity index (χ1v) is 8.88.